The van der Waals surface area contributed by atoms with Crippen LogP contribution in [0, 0.1) is 5.92 Å². The molecule has 0 unspecified atom stereocenters. The van der Waals surface area contributed by atoms with E-state index in [-0.39, 0.29) is 18.4 Å². The maximum atomic E-state index is 6.17. The molecule has 1 aromatic rings. The largest absolute Gasteiger partial charge is 0.381 e. The molecule has 1 fully saturated rings. The van der Waals surface area contributed by atoms with Crippen LogP contribution in [0.1, 0.15) is 24.4 Å². The first-order valence-electron chi connectivity index (χ1n) is 5.11. The van der Waals surface area contributed by atoms with Gasteiger partial charge in [-0.15, -0.1) is 12.4 Å². The molecular formula is C11H17ClN2O. The lowest BCUT2D eigenvalue weighted by Gasteiger charge is -2.27. The predicted molar refractivity (Wildman–Crippen MR) is 62.0 cm³/mol. The minimum absolute atomic E-state index is 0. The number of rotatable bonds is 2. The Labute approximate surface area is 96.4 Å². The minimum Gasteiger partial charge on any atom is -0.381 e. The first-order chi connectivity index (χ1) is 6.88. The van der Waals surface area contributed by atoms with Gasteiger partial charge in [-0.05, 0) is 30.4 Å². The molecule has 1 atom stereocenters. The lowest BCUT2D eigenvalue weighted by atomic mass is 9.88. The SMILES string of the molecule is Cl.N[C@@H](c1cccnc1)C1CCOCC1. The normalized spacial score (nSPS) is 19.3. The van der Waals surface area contributed by atoms with Crippen molar-refractivity contribution in [3.05, 3.63) is 30.1 Å². The highest BCUT2D eigenvalue weighted by molar-refractivity contribution is 5.85. The Kier molecular flexibility index (Phi) is 5.02. The van der Waals surface area contributed by atoms with E-state index in [1.165, 1.54) is 0 Å². The molecule has 84 valence electrons. The fourth-order valence-corrected chi connectivity index (χ4v) is 1.92. The van der Waals surface area contributed by atoms with Crippen molar-refractivity contribution in [2.45, 2.75) is 18.9 Å². The van der Waals surface area contributed by atoms with E-state index in [4.69, 9.17) is 10.5 Å². The Morgan fingerprint density at radius 2 is 2.13 bits per heavy atom. The fourth-order valence-electron chi connectivity index (χ4n) is 1.92. The number of hydrogen-bond donors (Lipinski definition) is 1. The Bertz CT molecular complexity index is 275. The van der Waals surface area contributed by atoms with Crippen LogP contribution in [0.3, 0.4) is 0 Å². The smallest absolute Gasteiger partial charge is 0.0469 e. The molecule has 1 aliphatic rings. The van der Waals surface area contributed by atoms with Crippen LogP contribution >= 0.6 is 12.4 Å². The molecule has 1 aromatic heterocycles. The lowest BCUT2D eigenvalue weighted by molar-refractivity contribution is 0.0583. The number of ether oxygens (including phenoxy) is 1. The van der Waals surface area contributed by atoms with Crippen molar-refractivity contribution in [3.63, 3.8) is 0 Å². The van der Waals surface area contributed by atoms with Gasteiger partial charge in [0.1, 0.15) is 0 Å². The van der Waals surface area contributed by atoms with Crippen LogP contribution in [0.15, 0.2) is 24.5 Å². The van der Waals surface area contributed by atoms with Gasteiger partial charge in [-0.25, -0.2) is 0 Å². The van der Waals surface area contributed by atoms with Gasteiger partial charge < -0.3 is 10.5 Å². The standard InChI is InChI=1S/C11H16N2O.ClH/c12-11(9-3-6-14-7-4-9)10-2-1-5-13-8-10;/h1-2,5,8-9,11H,3-4,6-7,12H2;1H/t11-;/m1./s1. The van der Waals surface area contributed by atoms with Crippen molar-refractivity contribution in [2.75, 3.05) is 13.2 Å². The first kappa shape index (κ1) is 12.4. The molecule has 0 saturated carbocycles. The maximum absolute atomic E-state index is 6.17. The van der Waals surface area contributed by atoms with Crippen molar-refractivity contribution in [3.8, 4) is 0 Å². The van der Waals surface area contributed by atoms with E-state index < -0.39 is 0 Å². The number of halogens is 1. The summed E-state index contributed by atoms with van der Waals surface area (Å²) >= 11 is 0. The molecule has 2 N–H and O–H groups in total. The van der Waals surface area contributed by atoms with Gasteiger partial charge >= 0.3 is 0 Å². The summed E-state index contributed by atoms with van der Waals surface area (Å²) in [5, 5.41) is 0. The summed E-state index contributed by atoms with van der Waals surface area (Å²) < 4.78 is 5.31. The van der Waals surface area contributed by atoms with Gasteiger partial charge in [0.25, 0.3) is 0 Å². The van der Waals surface area contributed by atoms with E-state index in [1.54, 1.807) is 6.20 Å². The minimum atomic E-state index is 0. The molecule has 3 nitrogen and oxygen atoms in total. The van der Waals surface area contributed by atoms with E-state index in [1.807, 2.05) is 18.3 Å². The monoisotopic (exact) mass is 228 g/mol. The van der Waals surface area contributed by atoms with Crippen LogP contribution in [-0.4, -0.2) is 18.2 Å². The second-order valence-corrected chi connectivity index (χ2v) is 3.76. The quantitative estimate of drug-likeness (QED) is 0.842. The van der Waals surface area contributed by atoms with Crippen molar-refractivity contribution < 1.29 is 4.74 Å². The van der Waals surface area contributed by atoms with Crippen LogP contribution in [0.2, 0.25) is 0 Å². The van der Waals surface area contributed by atoms with E-state index in [0.29, 0.717) is 5.92 Å². The second-order valence-electron chi connectivity index (χ2n) is 3.76. The van der Waals surface area contributed by atoms with E-state index in [2.05, 4.69) is 4.98 Å². The zero-order chi connectivity index (χ0) is 9.80. The molecule has 1 saturated heterocycles. The highest BCUT2D eigenvalue weighted by atomic mass is 35.5. The highest BCUT2D eigenvalue weighted by Gasteiger charge is 2.21. The number of nitrogens with two attached hydrogens (primary N) is 1. The average molecular weight is 229 g/mol. The molecule has 15 heavy (non-hydrogen) atoms. The molecule has 2 rings (SSSR count). The van der Waals surface area contributed by atoms with Crippen molar-refractivity contribution >= 4 is 12.4 Å². The highest BCUT2D eigenvalue weighted by Crippen LogP contribution is 2.27. The van der Waals surface area contributed by atoms with Gasteiger partial charge in [0.15, 0.2) is 0 Å². The van der Waals surface area contributed by atoms with Crippen LogP contribution in [0.4, 0.5) is 0 Å². The molecule has 0 spiro atoms. The molecule has 0 amide bonds. The molecule has 1 aliphatic heterocycles. The van der Waals surface area contributed by atoms with E-state index in [9.17, 15) is 0 Å². The third-order valence-corrected chi connectivity index (χ3v) is 2.84. The van der Waals surface area contributed by atoms with Gasteiger partial charge in [0, 0.05) is 31.6 Å². The lowest BCUT2D eigenvalue weighted by Crippen LogP contribution is -2.27. The molecule has 0 radical (unpaired) electrons. The predicted octanol–water partition coefficient (Wildman–Crippen LogP) is 1.93. The summed E-state index contributed by atoms with van der Waals surface area (Å²) in [6.07, 6.45) is 5.77. The third-order valence-electron chi connectivity index (χ3n) is 2.84. The summed E-state index contributed by atoms with van der Waals surface area (Å²) in [7, 11) is 0. The fraction of sp³-hybridized carbons (Fsp3) is 0.545. The van der Waals surface area contributed by atoms with E-state index in [0.717, 1.165) is 31.6 Å². The van der Waals surface area contributed by atoms with Crippen molar-refractivity contribution in [1.29, 1.82) is 0 Å². The number of pyridine rings is 1. The molecule has 4 heteroatoms. The Hall–Kier alpha value is -0.640. The van der Waals surface area contributed by atoms with Crippen LogP contribution < -0.4 is 5.73 Å². The summed E-state index contributed by atoms with van der Waals surface area (Å²) in [5.74, 6) is 0.549. The summed E-state index contributed by atoms with van der Waals surface area (Å²) in [5.41, 5.74) is 7.31. The molecular weight excluding hydrogens is 212 g/mol. The molecule has 2 heterocycles. The first-order valence-corrected chi connectivity index (χ1v) is 5.11. The van der Waals surface area contributed by atoms with Crippen LogP contribution in [-0.2, 0) is 4.74 Å². The van der Waals surface area contributed by atoms with Crippen molar-refractivity contribution in [1.82, 2.24) is 4.98 Å². The third kappa shape index (κ3) is 3.16. The Morgan fingerprint density at radius 1 is 1.40 bits per heavy atom. The maximum Gasteiger partial charge on any atom is 0.0469 e. The van der Waals surface area contributed by atoms with Crippen molar-refractivity contribution in [2.24, 2.45) is 11.7 Å². The number of aromatic nitrogens is 1. The Morgan fingerprint density at radius 3 is 2.73 bits per heavy atom. The Balaban J connectivity index is 0.00000112. The van der Waals surface area contributed by atoms with Gasteiger partial charge in [-0.3, -0.25) is 4.98 Å². The van der Waals surface area contributed by atoms with Crippen LogP contribution in [0.25, 0.3) is 0 Å². The zero-order valence-corrected chi connectivity index (χ0v) is 9.45. The average Bonchev–Trinajstić information content (AvgIpc) is 2.30. The van der Waals surface area contributed by atoms with Gasteiger partial charge in [0.2, 0.25) is 0 Å². The van der Waals surface area contributed by atoms with Crippen LogP contribution in [0.5, 0.6) is 0 Å². The molecule has 0 aliphatic carbocycles. The number of nitrogens with zero attached hydrogens (tertiary/aromatic N) is 1. The van der Waals surface area contributed by atoms with Gasteiger partial charge in [-0.1, -0.05) is 6.07 Å². The summed E-state index contributed by atoms with van der Waals surface area (Å²) in [4.78, 5) is 4.09. The number of hydrogen-bond acceptors (Lipinski definition) is 3. The molecule has 0 bridgehead atoms. The zero-order valence-electron chi connectivity index (χ0n) is 8.63. The second kappa shape index (κ2) is 6.05. The summed E-state index contributed by atoms with van der Waals surface area (Å²) in [6, 6.07) is 4.11. The van der Waals surface area contributed by atoms with Gasteiger partial charge in [-0.2, -0.15) is 0 Å². The molecule has 0 aromatic carbocycles. The topological polar surface area (TPSA) is 48.1 Å². The van der Waals surface area contributed by atoms with E-state index >= 15 is 0 Å². The summed E-state index contributed by atoms with van der Waals surface area (Å²) in [6.45, 7) is 1.69. The van der Waals surface area contributed by atoms with Gasteiger partial charge in [0.05, 0.1) is 0 Å².